The average Bonchev–Trinajstić information content (AvgIpc) is 2.64. The van der Waals surface area contributed by atoms with Gasteiger partial charge in [0.1, 0.15) is 5.69 Å². The number of hydrogen-bond acceptors (Lipinski definition) is 3. The fourth-order valence-corrected chi connectivity index (χ4v) is 2.18. The lowest BCUT2D eigenvalue weighted by molar-refractivity contribution is 0.0988. The van der Waals surface area contributed by atoms with Crippen molar-refractivity contribution in [3.8, 4) is 0 Å². The number of nitrogens with one attached hydrogen (secondary N) is 1. The average molecular weight is 202 g/mol. The van der Waals surface area contributed by atoms with Gasteiger partial charge < -0.3 is 9.88 Å². The molecule has 0 saturated carbocycles. The number of rotatable bonds is 0. The van der Waals surface area contributed by atoms with Gasteiger partial charge in [0.25, 0.3) is 0 Å². The van der Waals surface area contributed by atoms with E-state index in [9.17, 15) is 9.59 Å². The maximum Gasteiger partial charge on any atom is 0.203 e. The van der Waals surface area contributed by atoms with E-state index in [-0.39, 0.29) is 11.6 Å². The Hall–Kier alpha value is -1.68. The maximum atomic E-state index is 11.7. The Kier molecular flexibility index (Phi) is 1.67. The summed E-state index contributed by atoms with van der Waals surface area (Å²) in [6, 6.07) is 1.82. The largest absolute Gasteiger partial charge is 0.339 e. The van der Waals surface area contributed by atoms with Crippen molar-refractivity contribution >= 4 is 11.6 Å². The predicted octanol–water partition coefficient (Wildman–Crippen LogP) is 0.526. The van der Waals surface area contributed by atoms with E-state index in [0.29, 0.717) is 11.3 Å². The number of aromatic nitrogens is 1. The molecule has 15 heavy (non-hydrogen) atoms. The van der Waals surface area contributed by atoms with Crippen LogP contribution < -0.4 is 5.32 Å². The van der Waals surface area contributed by atoms with Crippen molar-refractivity contribution in [2.45, 2.75) is 13.1 Å². The quantitative estimate of drug-likeness (QED) is 0.667. The third kappa shape index (κ3) is 1.11. The highest BCUT2D eigenvalue weighted by Gasteiger charge is 2.26. The van der Waals surface area contributed by atoms with Crippen molar-refractivity contribution in [1.29, 1.82) is 0 Å². The van der Waals surface area contributed by atoms with E-state index in [1.54, 1.807) is 0 Å². The van der Waals surface area contributed by atoms with Gasteiger partial charge in [-0.15, -0.1) is 0 Å². The molecule has 1 aliphatic carbocycles. The van der Waals surface area contributed by atoms with E-state index >= 15 is 0 Å². The lowest BCUT2D eigenvalue weighted by atomic mass is 10.0. The topological polar surface area (TPSA) is 51.1 Å². The van der Waals surface area contributed by atoms with Gasteiger partial charge in [0, 0.05) is 25.3 Å². The van der Waals surface area contributed by atoms with Crippen LogP contribution in [0.15, 0.2) is 18.2 Å². The van der Waals surface area contributed by atoms with Crippen molar-refractivity contribution < 1.29 is 9.59 Å². The fourth-order valence-electron chi connectivity index (χ4n) is 2.18. The molecular weight excluding hydrogens is 192 g/mol. The van der Waals surface area contributed by atoms with E-state index in [0.717, 1.165) is 25.3 Å². The Bertz CT molecular complexity index is 497. The Labute approximate surface area is 86.6 Å². The first-order chi connectivity index (χ1) is 7.27. The molecule has 76 valence electrons. The van der Waals surface area contributed by atoms with Gasteiger partial charge in [-0.05, 0) is 18.2 Å². The summed E-state index contributed by atoms with van der Waals surface area (Å²) in [6.45, 7) is 2.34. The van der Waals surface area contributed by atoms with Crippen LogP contribution in [-0.2, 0) is 13.1 Å². The monoisotopic (exact) mass is 202 g/mol. The van der Waals surface area contributed by atoms with Crippen LogP contribution in [0.5, 0.6) is 0 Å². The molecule has 4 nitrogen and oxygen atoms in total. The second-order valence-corrected chi connectivity index (χ2v) is 3.79. The summed E-state index contributed by atoms with van der Waals surface area (Å²) in [7, 11) is 0. The second kappa shape index (κ2) is 2.90. The molecule has 1 N–H and O–H groups in total. The molecule has 0 saturated heterocycles. The van der Waals surface area contributed by atoms with Crippen molar-refractivity contribution in [1.82, 2.24) is 9.88 Å². The summed E-state index contributed by atoms with van der Waals surface area (Å²) in [4.78, 5) is 23.3. The molecule has 0 bridgehead atoms. The molecule has 2 heterocycles. The molecule has 0 radical (unpaired) electrons. The third-order valence-electron chi connectivity index (χ3n) is 2.89. The third-order valence-corrected chi connectivity index (χ3v) is 2.89. The highest BCUT2D eigenvalue weighted by atomic mass is 16.1. The maximum absolute atomic E-state index is 11.7. The standard InChI is InChI=1S/C11H10N2O2/c14-9-1-2-10(15)11-8(9)5-7-6-12-3-4-13(7)11/h1-2,5,12H,3-4,6H2. The van der Waals surface area contributed by atoms with E-state index in [1.807, 2.05) is 10.6 Å². The Balaban J connectivity index is 2.25. The molecule has 1 aromatic heterocycles. The SMILES string of the molecule is O=C1C=CC(=O)c2c1cc1n2CCNC1. The van der Waals surface area contributed by atoms with Crippen molar-refractivity contribution in [2.24, 2.45) is 0 Å². The molecule has 2 aliphatic rings. The lowest BCUT2D eigenvalue weighted by Crippen LogP contribution is -2.29. The lowest BCUT2D eigenvalue weighted by Gasteiger charge is -2.18. The predicted molar refractivity (Wildman–Crippen MR) is 53.9 cm³/mol. The highest BCUT2D eigenvalue weighted by molar-refractivity contribution is 6.21. The first kappa shape index (κ1) is 8.61. The van der Waals surface area contributed by atoms with Gasteiger partial charge in [-0.3, -0.25) is 9.59 Å². The molecule has 0 spiro atoms. The van der Waals surface area contributed by atoms with Crippen LogP contribution in [0, 0.1) is 0 Å². The summed E-state index contributed by atoms with van der Waals surface area (Å²) in [5.74, 6) is -0.121. The molecule has 1 aromatic rings. The van der Waals surface area contributed by atoms with Crippen LogP contribution in [0.3, 0.4) is 0 Å². The minimum atomic E-state index is -0.0634. The van der Waals surface area contributed by atoms with Gasteiger partial charge in [0.15, 0.2) is 5.78 Å². The van der Waals surface area contributed by atoms with Crippen LogP contribution in [0.4, 0.5) is 0 Å². The van der Waals surface area contributed by atoms with Gasteiger partial charge in [-0.25, -0.2) is 0 Å². The Morgan fingerprint density at radius 1 is 1.20 bits per heavy atom. The highest BCUT2D eigenvalue weighted by Crippen LogP contribution is 2.23. The van der Waals surface area contributed by atoms with Crippen LogP contribution in [0.25, 0.3) is 0 Å². The number of carbonyl (C=O) groups is 2. The van der Waals surface area contributed by atoms with Gasteiger partial charge in [-0.2, -0.15) is 0 Å². The van der Waals surface area contributed by atoms with Crippen LogP contribution >= 0.6 is 0 Å². The number of ketones is 2. The number of fused-ring (bicyclic) bond motifs is 3. The van der Waals surface area contributed by atoms with Gasteiger partial charge in [-0.1, -0.05) is 0 Å². The summed E-state index contributed by atoms with van der Waals surface area (Å²) in [6.07, 6.45) is 2.71. The van der Waals surface area contributed by atoms with Gasteiger partial charge >= 0.3 is 0 Å². The smallest absolute Gasteiger partial charge is 0.203 e. The molecule has 0 aromatic carbocycles. The number of carbonyl (C=O) groups excluding carboxylic acids is 2. The van der Waals surface area contributed by atoms with Gasteiger partial charge in [0.2, 0.25) is 5.78 Å². The molecule has 4 heteroatoms. The van der Waals surface area contributed by atoms with Crippen LogP contribution in [0.1, 0.15) is 26.5 Å². The summed E-state index contributed by atoms with van der Waals surface area (Å²) >= 11 is 0. The molecule has 3 rings (SSSR count). The first-order valence-electron chi connectivity index (χ1n) is 4.97. The molecule has 0 atom stereocenters. The first-order valence-corrected chi connectivity index (χ1v) is 4.97. The van der Waals surface area contributed by atoms with Crippen LogP contribution in [-0.4, -0.2) is 22.7 Å². The Morgan fingerprint density at radius 3 is 2.87 bits per heavy atom. The van der Waals surface area contributed by atoms with Crippen molar-refractivity contribution in [3.05, 3.63) is 35.2 Å². The fraction of sp³-hybridized carbons (Fsp3) is 0.273. The van der Waals surface area contributed by atoms with E-state index in [2.05, 4.69) is 5.32 Å². The summed E-state index contributed by atoms with van der Waals surface area (Å²) in [5, 5.41) is 3.22. The number of allylic oxidation sites excluding steroid dienone is 2. The molecule has 0 fully saturated rings. The van der Waals surface area contributed by atoms with E-state index < -0.39 is 0 Å². The minimum absolute atomic E-state index is 0.0576. The number of hydrogen-bond donors (Lipinski definition) is 1. The second-order valence-electron chi connectivity index (χ2n) is 3.79. The normalized spacial score (nSPS) is 18.9. The summed E-state index contributed by atoms with van der Waals surface area (Å²) in [5.41, 5.74) is 2.15. The molecule has 0 unspecified atom stereocenters. The van der Waals surface area contributed by atoms with Crippen molar-refractivity contribution in [2.75, 3.05) is 6.54 Å². The molecular formula is C11H10N2O2. The van der Waals surface area contributed by atoms with E-state index in [4.69, 9.17) is 0 Å². The Morgan fingerprint density at radius 2 is 2.00 bits per heavy atom. The molecule has 1 aliphatic heterocycles. The van der Waals surface area contributed by atoms with Crippen molar-refractivity contribution in [3.63, 3.8) is 0 Å². The van der Waals surface area contributed by atoms with Gasteiger partial charge in [0.05, 0.1) is 5.56 Å². The molecule has 0 amide bonds. The zero-order chi connectivity index (χ0) is 10.4. The minimum Gasteiger partial charge on any atom is -0.339 e. The number of nitrogens with zero attached hydrogens (tertiary/aromatic N) is 1. The summed E-state index contributed by atoms with van der Waals surface area (Å²) < 4.78 is 1.95. The van der Waals surface area contributed by atoms with Crippen LogP contribution in [0.2, 0.25) is 0 Å². The zero-order valence-corrected chi connectivity index (χ0v) is 8.12. The zero-order valence-electron chi connectivity index (χ0n) is 8.12. The van der Waals surface area contributed by atoms with E-state index in [1.165, 1.54) is 12.2 Å².